The van der Waals surface area contributed by atoms with E-state index < -0.39 is 6.10 Å². The molecule has 2 aromatic carbocycles. The number of rotatable bonds is 5. The molecule has 0 aliphatic heterocycles. The lowest BCUT2D eigenvalue weighted by molar-refractivity contribution is 0.171. The molecular weight excluding hydrogens is 417 g/mol. The zero-order valence-electron chi connectivity index (χ0n) is 16.7. The quantitative estimate of drug-likeness (QED) is 0.408. The minimum Gasteiger partial charge on any atom is -0.386 e. The van der Waals surface area contributed by atoms with Gasteiger partial charge in [-0.05, 0) is 61.9 Å². The van der Waals surface area contributed by atoms with Crippen LogP contribution in [-0.2, 0) is 6.42 Å². The highest BCUT2D eigenvalue weighted by molar-refractivity contribution is 6.31. The average molecular weight is 438 g/mol. The molecule has 152 valence electrons. The normalized spacial score (nSPS) is 12.2. The highest BCUT2D eigenvalue weighted by Gasteiger charge is 2.23. The number of benzene rings is 2. The van der Waals surface area contributed by atoms with Gasteiger partial charge in [-0.2, -0.15) is 5.10 Å². The smallest absolute Gasteiger partial charge is 0.104 e. The van der Waals surface area contributed by atoms with Crippen LogP contribution in [0.5, 0.6) is 0 Å². The van der Waals surface area contributed by atoms with Crippen LogP contribution in [0.2, 0.25) is 10.0 Å². The molecule has 0 bridgehead atoms. The van der Waals surface area contributed by atoms with E-state index in [1.165, 1.54) is 0 Å². The van der Waals surface area contributed by atoms with Crippen molar-refractivity contribution in [2.24, 2.45) is 0 Å². The second-order valence-corrected chi connectivity index (χ2v) is 8.12. The summed E-state index contributed by atoms with van der Waals surface area (Å²) in [5.74, 6) is 0. The number of pyridine rings is 1. The number of hydrogen-bond acceptors (Lipinski definition) is 3. The summed E-state index contributed by atoms with van der Waals surface area (Å²) in [6.07, 6.45) is 1.34. The van der Waals surface area contributed by atoms with Crippen LogP contribution in [0.4, 0.5) is 0 Å². The van der Waals surface area contributed by atoms with Gasteiger partial charge in [-0.3, -0.25) is 4.98 Å². The van der Waals surface area contributed by atoms with Gasteiger partial charge in [0.1, 0.15) is 6.10 Å². The Morgan fingerprint density at radius 1 is 0.967 bits per heavy atom. The number of aryl methyl sites for hydroxylation is 1. The van der Waals surface area contributed by atoms with Crippen LogP contribution in [-0.4, -0.2) is 19.9 Å². The third-order valence-corrected chi connectivity index (χ3v) is 5.59. The molecule has 30 heavy (non-hydrogen) atoms. The van der Waals surface area contributed by atoms with Crippen LogP contribution in [0, 0.1) is 13.8 Å². The number of aromatic nitrogens is 3. The number of aliphatic hydroxyl groups excluding tert-OH is 1. The molecule has 1 unspecified atom stereocenters. The first-order valence-electron chi connectivity index (χ1n) is 9.64. The van der Waals surface area contributed by atoms with E-state index in [4.69, 9.17) is 28.3 Å². The maximum Gasteiger partial charge on any atom is 0.104 e. The van der Waals surface area contributed by atoms with Gasteiger partial charge in [-0.15, -0.1) is 0 Å². The van der Waals surface area contributed by atoms with Gasteiger partial charge in [0.25, 0.3) is 0 Å². The molecule has 0 radical (unpaired) electrons. The monoisotopic (exact) mass is 437 g/mol. The summed E-state index contributed by atoms with van der Waals surface area (Å²) in [6.45, 7) is 3.98. The van der Waals surface area contributed by atoms with E-state index in [-0.39, 0.29) is 0 Å². The molecule has 6 heteroatoms. The first kappa shape index (κ1) is 20.6. The van der Waals surface area contributed by atoms with Gasteiger partial charge in [-0.25, -0.2) is 4.68 Å². The van der Waals surface area contributed by atoms with Crippen molar-refractivity contribution in [1.82, 2.24) is 14.8 Å². The topological polar surface area (TPSA) is 50.9 Å². The van der Waals surface area contributed by atoms with E-state index in [9.17, 15) is 5.11 Å². The molecule has 0 spiro atoms. The lowest BCUT2D eigenvalue weighted by Crippen LogP contribution is -2.07. The Kier molecular flexibility index (Phi) is 5.91. The maximum atomic E-state index is 11.0. The Hall–Kier alpha value is -2.66. The van der Waals surface area contributed by atoms with Gasteiger partial charge >= 0.3 is 0 Å². The van der Waals surface area contributed by atoms with Gasteiger partial charge in [0.15, 0.2) is 0 Å². The Bertz CT molecular complexity index is 1170. The van der Waals surface area contributed by atoms with Gasteiger partial charge in [0.2, 0.25) is 0 Å². The lowest BCUT2D eigenvalue weighted by Gasteiger charge is -2.12. The van der Waals surface area contributed by atoms with Crippen molar-refractivity contribution in [3.63, 3.8) is 0 Å². The van der Waals surface area contributed by atoms with E-state index >= 15 is 0 Å². The summed E-state index contributed by atoms with van der Waals surface area (Å²) in [7, 11) is 0. The Labute approximate surface area is 185 Å². The average Bonchev–Trinajstić information content (AvgIpc) is 3.06. The number of nitrogens with zero attached hydrogens (tertiary/aromatic N) is 3. The van der Waals surface area contributed by atoms with Crippen molar-refractivity contribution < 1.29 is 5.11 Å². The molecule has 2 heterocycles. The van der Waals surface area contributed by atoms with E-state index in [1.807, 2.05) is 79.2 Å². The molecule has 1 N–H and O–H groups in total. The van der Waals surface area contributed by atoms with E-state index in [2.05, 4.69) is 4.98 Å². The van der Waals surface area contributed by atoms with Crippen molar-refractivity contribution in [3.05, 3.63) is 99.4 Å². The van der Waals surface area contributed by atoms with Crippen LogP contribution < -0.4 is 0 Å². The standard InChI is InChI=1S/C24H21Cl2N3O/c1-15-13-19(26)10-11-21(15)29-24(17-6-8-18(25)9-7-17)16(2)23(28-29)22(30)14-20-5-3-4-12-27-20/h3-13,22,30H,14H2,1-2H3. The minimum absolute atomic E-state index is 0.387. The summed E-state index contributed by atoms with van der Waals surface area (Å²) in [6, 6.07) is 19.0. The minimum atomic E-state index is -0.778. The molecule has 0 saturated carbocycles. The van der Waals surface area contributed by atoms with Crippen molar-refractivity contribution in [2.75, 3.05) is 0 Å². The predicted octanol–water partition coefficient (Wildman–Crippen LogP) is 6.13. The fourth-order valence-electron chi connectivity index (χ4n) is 3.62. The molecule has 1 atom stereocenters. The van der Waals surface area contributed by atoms with E-state index in [1.54, 1.807) is 6.20 Å². The third kappa shape index (κ3) is 4.12. The second kappa shape index (κ2) is 8.60. The SMILES string of the molecule is Cc1cc(Cl)ccc1-n1nc(C(O)Cc2ccccn2)c(C)c1-c1ccc(Cl)cc1. The number of hydrogen-bond donors (Lipinski definition) is 1. The fraction of sp³-hybridized carbons (Fsp3) is 0.167. The summed E-state index contributed by atoms with van der Waals surface area (Å²) in [4.78, 5) is 4.33. The third-order valence-electron chi connectivity index (χ3n) is 5.11. The highest BCUT2D eigenvalue weighted by atomic mass is 35.5. The van der Waals surface area contributed by atoms with Crippen LogP contribution in [0.25, 0.3) is 16.9 Å². The van der Waals surface area contributed by atoms with E-state index in [0.29, 0.717) is 22.2 Å². The highest BCUT2D eigenvalue weighted by Crippen LogP contribution is 2.34. The largest absolute Gasteiger partial charge is 0.386 e. The fourth-order valence-corrected chi connectivity index (χ4v) is 3.97. The summed E-state index contributed by atoms with van der Waals surface area (Å²) in [5, 5.41) is 17.2. The molecule has 4 rings (SSSR count). The zero-order valence-corrected chi connectivity index (χ0v) is 18.2. The maximum absolute atomic E-state index is 11.0. The first-order chi connectivity index (χ1) is 14.4. The van der Waals surface area contributed by atoms with Gasteiger partial charge in [-0.1, -0.05) is 41.4 Å². The molecule has 0 aliphatic rings. The molecule has 0 fully saturated rings. The second-order valence-electron chi connectivity index (χ2n) is 7.25. The van der Waals surface area contributed by atoms with Crippen LogP contribution in [0.3, 0.4) is 0 Å². The molecule has 0 saturated heterocycles. The Morgan fingerprint density at radius 3 is 2.37 bits per heavy atom. The lowest BCUT2D eigenvalue weighted by atomic mass is 10.0. The molecular formula is C24H21Cl2N3O. The first-order valence-corrected chi connectivity index (χ1v) is 10.4. The van der Waals surface area contributed by atoms with Crippen molar-refractivity contribution in [3.8, 4) is 16.9 Å². The van der Waals surface area contributed by atoms with Crippen molar-refractivity contribution in [1.29, 1.82) is 0 Å². The number of halogens is 2. The molecule has 4 nitrogen and oxygen atoms in total. The van der Waals surface area contributed by atoms with Crippen molar-refractivity contribution in [2.45, 2.75) is 26.4 Å². The summed E-state index contributed by atoms with van der Waals surface area (Å²) in [5.41, 5.74) is 6.13. The van der Waals surface area contributed by atoms with Crippen LogP contribution >= 0.6 is 23.2 Å². The molecule has 0 amide bonds. The van der Waals surface area contributed by atoms with Gasteiger partial charge in [0, 0.05) is 39.5 Å². The van der Waals surface area contributed by atoms with E-state index in [0.717, 1.165) is 33.8 Å². The Balaban J connectivity index is 1.85. The number of aliphatic hydroxyl groups is 1. The summed E-state index contributed by atoms with van der Waals surface area (Å²) >= 11 is 12.3. The van der Waals surface area contributed by atoms with Gasteiger partial charge in [0.05, 0.1) is 17.1 Å². The molecule has 0 aliphatic carbocycles. The van der Waals surface area contributed by atoms with Crippen LogP contribution in [0.1, 0.15) is 28.6 Å². The summed E-state index contributed by atoms with van der Waals surface area (Å²) < 4.78 is 1.88. The molecule has 2 aromatic heterocycles. The zero-order chi connectivity index (χ0) is 21.3. The predicted molar refractivity (Wildman–Crippen MR) is 121 cm³/mol. The van der Waals surface area contributed by atoms with Gasteiger partial charge < -0.3 is 5.11 Å². The Morgan fingerprint density at radius 2 is 1.70 bits per heavy atom. The molecule has 4 aromatic rings. The van der Waals surface area contributed by atoms with Crippen molar-refractivity contribution >= 4 is 23.2 Å². The van der Waals surface area contributed by atoms with Crippen LogP contribution in [0.15, 0.2) is 66.9 Å².